The summed E-state index contributed by atoms with van der Waals surface area (Å²) in [6, 6.07) is 10.4. The van der Waals surface area contributed by atoms with Crippen LogP contribution in [0.4, 0.5) is 15.3 Å². The number of amides is 4. The smallest absolute Gasteiger partial charge is 0.407 e. The van der Waals surface area contributed by atoms with Crippen LogP contribution in [0.2, 0.25) is 10.0 Å². The van der Waals surface area contributed by atoms with Crippen LogP contribution in [0.1, 0.15) is 26.3 Å². The van der Waals surface area contributed by atoms with E-state index < -0.39 is 30.2 Å². The summed E-state index contributed by atoms with van der Waals surface area (Å²) in [7, 11) is 1.47. The molecule has 0 unspecified atom stereocenters. The SMILES string of the molecule is COc1ccc(Cl)cc1C=C(COC(=O)NC(C)(C)C)C(=O)NC(=O)Nc1ccc(Cl)cc1. The van der Waals surface area contributed by atoms with Gasteiger partial charge in [0, 0.05) is 26.8 Å². The highest BCUT2D eigenvalue weighted by molar-refractivity contribution is 6.31. The van der Waals surface area contributed by atoms with Crippen molar-refractivity contribution in [3.63, 3.8) is 0 Å². The minimum atomic E-state index is -0.773. The Bertz CT molecular complexity index is 1050. The van der Waals surface area contributed by atoms with E-state index in [9.17, 15) is 14.4 Å². The van der Waals surface area contributed by atoms with Crippen LogP contribution in [0.3, 0.4) is 0 Å². The molecule has 33 heavy (non-hydrogen) atoms. The van der Waals surface area contributed by atoms with Crippen LogP contribution in [0, 0.1) is 0 Å². The molecule has 0 aromatic heterocycles. The lowest BCUT2D eigenvalue weighted by Crippen LogP contribution is -2.42. The summed E-state index contributed by atoms with van der Waals surface area (Å²) < 4.78 is 10.5. The summed E-state index contributed by atoms with van der Waals surface area (Å²) in [4.78, 5) is 37.2. The fourth-order valence-corrected chi connectivity index (χ4v) is 2.85. The highest BCUT2D eigenvalue weighted by atomic mass is 35.5. The fraction of sp³-hybridized carbons (Fsp3) is 0.261. The van der Waals surface area contributed by atoms with Gasteiger partial charge in [0.1, 0.15) is 12.4 Å². The summed E-state index contributed by atoms with van der Waals surface area (Å²) in [6.45, 7) is 4.96. The lowest BCUT2D eigenvalue weighted by Gasteiger charge is -2.20. The van der Waals surface area contributed by atoms with Crippen molar-refractivity contribution in [3.8, 4) is 5.75 Å². The molecule has 0 aliphatic carbocycles. The number of ether oxygens (including phenoxy) is 2. The van der Waals surface area contributed by atoms with Crippen molar-refractivity contribution in [2.24, 2.45) is 0 Å². The third-order valence-corrected chi connectivity index (χ3v) is 4.47. The first-order valence-corrected chi connectivity index (χ1v) is 10.6. The molecule has 2 aromatic carbocycles. The topological polar surface area (TPSA) is 106 Å². The van der Waals surface area contributed by atoms with Gasteiger partial charge in [-0.1, -0.05) is 23.2 Å². The number of carbonyl (C=O) groups is 3. The first-order valence-electron chi connectivity index (χ1n) is 9.84. The number of methoxy groups -OCH3 is 1. The first kappa shape index (κ1) is 26.0. The summed E-state index contributed by atoms with van der Waals surface area (Å²) in [6.07, 6.45) is 0.713. The average molecular weight is 494 g/mol. The normalized spacial score (nSPS) is 11.4. The maximum Gasteiger partial charge on any atom is 0.407 e. The second-order valence-corrected chi connectivity index (χ2v) is 8.79. The van der Waals surface area contributed by atoms with Gasteiger partial charge < -0.3 is 20.1 Å². The van der Waals surface area contributed by atoms with E-state index in [1.54, 1.807) is 63.2 Å². The Morgan fingerprint density at radius 1 is 1.00 bits per heavy atom. The summed E-state index contributed by atoms with van der Waals surface area (Å²) in [5, 5.41) is 8.28. The van der Waals surface area contributed by atoms with E-state index in [-0.39, 0.29) is 5.57 Å². The van der Waals surface area contributed by atoms with Crippen molar-refractivity contribution >= 4 is 53.0 Å². The molecule has 0 aliphatic rings. The van der Waals surface area contributed by atoms with E-state index >= 15 is 0 Å². The van der Waals surface area contributed by atoms with Gasteiger partial charge in [0.25, 0.3) is 5.91 Å². The lowest BCUT2D eigenvalue weighted by molar-refractivity contribution is -0.116. The van der Waals surface area contributed by atoms with Crippen LogP contribution in [0.25, 0.3) is 6.08 Å². The van der Waals surface area contributed by atoms with Crippen molar-refractivity contribution < 1.29 is 23.9 Å². The maximum absolute atomic E-state index is 12.8. The maximum atomic E-state index is 12.8. The Morgan fingerprint density at radius 3 is 2.24 bits per heavy atom. The number of hydrogen-bond donors (Lipinski definition) is 3. The van der Waals surface area contributed by atoms with Crippen LogP contribution in [0.15, 0.2) is 48.0 Å². The van der Waals surface area contributed by atoms with Crippen molar-refractivity contribution in [2.75, 3.05) is 19.0 Å². The van der Waals surface area contributed by atoms with E-state index in [0.29, 0.717) is 27.0 Å². The van der Waals surface area contributed by atoms with Crippen LogP contribution in [0.5, 0.6) is 5.75 Å². The minimum Gasteiger partial charge on any atom is -0.496 e. The molecule has 8 nitrogen and oxygen atoms in total. The number of halogens is 2. The van der Waals surface area contributed by atoms with Gasteiger partial charge in [0.05, 0.1) is 12.7 Å². The van der Waals surface area contributed by atoms with E-state index in [2.05, 4.69) is 16.0 Å². The molecule has 0 saturated heterocycles. The van der Waals surface area contributed by atoms with E-state index in [4.69, 9.17) is 32.7 Å². The number of anilines is 1. The predicted molar refractivity (Wildman–Crippen MR) is 129 cm³/mol. The van der Waals surface area contributed by atoms with E-state index in [1.807, 2.05) is 0 Å². The molecule has 0 atom stereocenters. The molecular formula is C23H25Cl2N3O5. The number of benzene rings is 2. The standard InChI is InChI=1S/C23H25Cl2N3O5/c1-23(2,3)28-22(31)33-13-15(11-14-12-17(25)7-10-19(14)32-4)20(29)27-21(30)26-18-8-5-16(24)6-9-18/h5-12H,13H2,1-4H3,(H,28,31)(H2,26,27,29,30). The number of alkyl carbamates (subject to hydrolysis) is 1. The number of urea groups is 1. The van der Waals surface area contributed by atoms with Gasteiger partial charge in [-0.3, -0.25) is 10.1 Å². The fourth-order valence-electron chi connectivity index (χ4n) is 2.54. The number of nitrogens with one attached hydrogen (secondary N) is 3. The van der Waals surface area contributed by atoms with E-state index in [1.165, 1.54) is 13.2 Å². The highest BCUT2D eigenvalue weighted by Gasteiger charge is 2.19. The van der Waals surface area contributed by atoms with Gasteiger partial charge >= 0.3 is 12.1 Å². The molecule has 10 heteroatoms. The molecule has 0 bridgehead atoms. The van der Waals surface area contributed by atoms with Crippen LogP contribution >= 0.6 is 23.2 Å². The Balaban J connectivity index is 2.22. The van der Waals surface area contributed by atoms with Gasteiger partial charge in [0.15, 0.2) is 0 Å². The summed E-state index contributed by atoms with van der Waals surface area (Å²) in [5.74, 6) is -0.332. The molecular weight excluding hydrogens is 469 g/mol. The number of rotatable bonds is 6. The Hall–Kier alpha value is -3.23. The van der Waals surface area contributed by atoms with Crippen molar-refractivity contribution in [3.05, 3.63) is 63.6 Å². The molecule has 0 aliphatic heterocycles. The molecule has 0 heterocycles. The second kappa shape index (κ2) is 11.6. The van der Waals surface area contributed by atoms with Gasteiger partial charge in [0.2, 0.25) is 0 Å². The zero-order chi connectivity index (χ0) is 24.6. The number of hydrogen-bond acceptors (Lipinski definition) is 5. The molecule has 0 radical (unpaired) electrons. The average Bonchev–Trinajstić information content (AvgIpc) is 2.71. The Morgan fingerprint density at radius 2 is 1.64 bits per heavy atom. The summed E-state index contributed by atoms with van der Waals surface area (Å²) >= 11 is 11.9. The van der Waals surface area contributed by atoms with Crippen LogP contribution in [-0.2, 0) is 9.53 Å². The monoisotopic (exact) mass is 493 g/mol. The molecule has 0 fully saturated rings. The van der Waals surface area contributed by atoms with Gasteiger partial charge in [-0.05, 0) is 69.3 Å². The van der Waals surface area contributed by atoms with Gasteiger partial charge in [-0.15, -0.1) is 0 Å². The largest absolute Gasteiger partial charge is 0.496 e. The third-order valence-electron chi connectivity index (χ3n) is 3.98. The molecule has 4 amide bonds. The molecule has 2 aromatic rings. The molecule has 3 N–H and O–H groups in total. The number of carbonyl (C=O) groups excluding carboxylic acids is 3. The molecule has 0 spiro atoms. The van der Waals surface area contributed by atoms with Crippen molar-refractivity contribution in [1.82, 2.24) is 10.6 Å². The third kappa shape index (κ3) is 9.03. The van der Waals surface area contributed by atoms with Crippen LogP contribution < -0.4 is 20.7 Å². The lowest BCUT2D eigenvalue weighted by atomic mass is 10.1. The van der Waals surface area contributed by atoms with Gasteiger partial charge in [-0.25, -0.2) is 9.59 Å². The molecule has 176 valence electrons. The second-order valence-electron chi connectivity index (χ2n) is 7.92. The van der Waals surface area contributed by atoms with E-state index in [0.717, 1.165) is 0 Å². The Labute approximate surface area is 202 Å². The first-order chi connectivity index (χ1) is 15.5. The summed E-state index contributed by atoms with van der Waals surface area (Å²) in [5.41, 5.74) is 0.365. The quantitative estimate of drug-likeness (QED) is 0.476. The molecule has 2 rings (SSSR count). The highest BCUT2D eigenvalue weighted by Crippen LogP contribution is 2.25. The van der Waals surface area contributed by atoms with Crippen molar-refractivity contribution in [1.29, 1.82) is 0 Å². The minimum absolute atomic E-state index is 0.00844. The zero-order valence-corrected chi connectivity index (χ0v) is 20.1. The predicted octanol–water partition coefficient (Wildman–Crippen LogP) is 5.26. The number of imide groups is 1. The van der Waals surface area contributed by atoms with Crippen LogP contribution in [-0.4, -0.2) is 37.3 Å². The van der Waals surface area contributed by atoms with Crippen molar-refractivity contribution in [2.45, 2.75) is 26.3 Å². The Kier molecular flexibility index (Phi) is 9.13. The molecule has 0 saturated carbocycles. The zero-order valence-electron chi connectivity index (χ0n) is 18.6. The van der Waals surface area contributed by atoms with Gasteiger partial charge in [-0.2, -0.15) is 0 Å².